The van der Waals surface area contributed by atoms with Gasteiger partial charge in [-0.05, 0) is 135 Å². The second-order valence-electron chi connectivity index (χ2n) is 14.1. The van der Waals surface area contributed by atoms with Crippen LogP contribution >= 0.6 is 0 Å². The van der Waals surface area contributed by atoms with Crippen LogP contribution in [0.3, 0.4) is 0 Å². The van der Waals surface area contributed by atoms with Gasteiger partial charge in [-0.3, -0.25) is 0 Å². The summed E-state index contributed by atoms with van der Waals surface area (Å²) in [5, 5.41) is 10.1. The molecule has 7 rings (SSSR count). The van der Waals surface area contributed by atoms with E-state index in [0.29, 0.717) is 22.4 Å². The van der Waals surface area contributed by atoms with Crippen molar-refractivity contribution in [3.05, 3.63) is 219 Å². The number of aryl methyl sites for hydroxylation is 4. The van der Waals surface area contributed by atoms with Crippen LogP contribution in [0.4, 0.5) is 39.8 Å². The first-order chi connectivity index (χ1) is 27.3. The number of nitrogens with zero attached hydrogens (tertiary/aromatic N) is 4. The second kappa shape index (κ2) is 16.7. The lowest BCUT2D eigenvalue weighted by molar-refractivity contribution is 1.27. The summed E-state index contributed by atoms with van der Waals surface area (Å²) in [5.41, 5.74) is 15.7. The number of benzene rings is 7. The molecule has 0 spiro atoms. The average molecular weight is 723 g/mol. The Kier molecular flexibility index (Phi) is 11.0. The van der Waals surface area contributed by atoms with Crippen LogP contribution in [0.1, 0.15) is 50.1 Å². The molecule has 0 aliphatic heterocycles. The zero-order chi connectivity index (χ0) is 39.0. The SMILES string of the molecule is [C-]#[N+]c1cc(/C=C/c2ccc(N(c3ccc(C)cc3)c3ccc(C)cc3)cc2)c(C#N)cc1/C=C/c1ccc(N(c2ccc(C)cc2)c2ccc(C)cc2)cc1. The smallest absolute Gasteiger partial charge is 0.194 e. The van der Waals surface area contributed by atoms with E-state index in [1.165, 1.54) is 22.3 Å². The highest BCUT2D eigenvalue weighted by molar-refractivity contribution is 5.84. The average Bonchev–Trinajstić information content (AvgIpc) is 3.23. The fourth-order valence-electron chi connectivity index (χ4n) is 6.60. The van der Waals surface area contributed by atoms with Crippen molar-refractivity contribution in [1.82, 2.24) is 0 Å². The summed E-state index contributed by atoms with van der Waals surface area (Å²) in [7, 11) is 0. The van der Waals surface area contributed by atoms with E-state index in [-0.39, 0.29) is 0 Å². The lowest BCUT2D eigenvalue weighted by Crippen LogP contribution is -2.09. The Hall–Kier alpha value is -7.40. The topological polar surface area (TPSA) is 34.6 Å². The third-order valence-corrected chi connectivity index (χ3v) is 9.82. The third-order valence-electron chi connectivity index (χ3n) is 9.82. The summed E-state index contributed by atoms with van der Waals surface area (Å²) in [6.07, 6.45) is 7.81. The van der Waals surface area contributed by atoms with Crippen molar-refractivity contribution in [3.8, 4) is 6.07 Å². The summed E-state index contributed by atoms with van der Waals surface area (Å²) in [6, 6.07) is 56.9. The van der Waals surface area contributed by atoms with Crippen LogP contribution in [-0.4, -0.2) is 0 Å². The highest BCUT2D eigenvalue weighted by Gasteiger charge is 2.14. The molecule has 270 valence electrons. The Labute approximate surface area is 331 Å². The highest BCUT2D eigenvalue weighted by atomic mass is 15.1. The first kappa shape index (κ1) is 36.9. The Morgan fingerprint density at radius 3 is 1.04 bits per heavy atom. The van der Waals surface area contributed by atoms with Crippen LogP contribution in [0.5, 0.6) is 0 Å². The van der Waals surface area contributed by atoms with Crippen LogP contribution < -0.4 is 9.80 Å². The van der Waals surface area contributed by atoms with Crippen LogP contribution in [0, 0.1) is 45.6 Å². The van der Waals surface area contributed by atoms with Crippen molar-refractivity contribution in [3.63, 3.8) is 0 Å². The van der Waals surface area contributed by atoms with Gasteiger partial charge in [0.25, 0.3) is 0 Å². The van der Waals surface area contributed by atoms with Crippen molar-refractivity contribution in [2.45, 2.75) is 27.7 Å². The number of hydrogen-bond acceptors (Lipinski definition) is 3. The van der Waals surface area contributed by atoms with Gasteiger partial charge in [0.2, 0.25) is 0 Å². The molecule has 4 heteroatoms. The van der Waals surface area contributed by atoms with Crippen LogP contribution in [0.15, 0.2) is 158 Å². The maximum atomic E-state index is 10.1. The maximum absolute atomic E-state index is 10.1. The van der Waals surface area contributed by atoms with E-state index < -0.39 is 0 Å². The summed E-state index contributed by atoms with van der Waals surface area (Å²) < 4.78 is 0. The normalized spacial score (nSPS) is 11.0. The first-order valence-electron chi connectivity index (χ1n) is 18.7. The number of nitriles is 1. The molecule has 0 saturated heterocycles. The minimum absolute atomic E-state index is 0.489. The zero-order valence-electron chi connectivity index (χ0n) is 32.1. The molecule has 0 bridgehead atoms. The number of anilines is 6. The summed E-state index contributed by atoms with van der Waals surface area (Å²) in [4.78, 5) is 8.32. The lowest BCUT2D eigenvalue weighted by atomic mass is 10.0. The highest BCUT2D eigenvalue weighted by Crippen LogP contribution is 2.37. The fraction of sp³-hybridized carbons (Fsp3) is 0.0769. The molecule has 7 aromatic rings. The molecule has 0 saturated carbocycles. The van der Waals surface area contributed by atoms with Crippen LogP contribution in [0.25, 0.3) is 29.1 Å². The van der Waals surface area contributed by atoms with E-state index >= 15 is 0 Å². The van der Waals surface area contributed by atoms with E-state index in [4.69, 9.17) is 6.57 Å². The molecule has 56 heavy (non-hydrogen) atoms. The van der Waals surface area contributed by atoms with Crippen molar-refractivity contribution in [1.29, 1.82) is 5.26 Å². The molecule has 0 amide bonds. The van der Waals surface area contributed by atoms with Crippen molar-refractivity contribution in [2.75, 3.05) is 9.80 Å². The van der Waals surface area contributed by atoms with E-state index in [0.717, 1.165) is 45.3 Å². The molecule has 0 N–H and O–H groups in total. The minimum Gasteiger partial charge on any atom is -0.311 e. The Morgan fingerprint density at radius 2 is 0.732 bits per heavy atom. The molecule has 4 nitrogen and oxygen atoms in total. The minimum atomic E-state index is 0.489. The summed E-state index contributed by atoms with van der Waals surface area (Å²) in [6.45, 7) is 16.3. The van der Waals surface area contributed by atoms with Crippen molar-refractivity contribution >= 4 is 64.1 Å². The van der Waals surface area contributed by atoms with Crippen molar-refractivity contribution < 1.29 is 0 Å². The second-order valence-corrected chi connectivity index (χ2v) is 14.1. The number of rotatable bonds is 10. The zero-order valence-corrected chi connectivity index (χ0v) is 32.1. The number of hydrogen-bond donors (Lipinski definition) is 0. The largest absolute Gasteiger partial charge is 0.311 e. The van der Waals surface area contributed by atoms with Gasteiger partial charge in [-0.1, -0.05) is 119 Å². The van der Waals surface area contributed by atoms with Gasteiger partial charge in [0, 0.05) is 34.1 Å². The molecule has 0 aliphatic carbocycles. The lowest BCUT2D eigenvalue weighted by Gasteiger charge is -2.26. The Balaban J connectivity index is 1.11. The van der Waals surface area contributed by atoms with Gasteiger partial charge in [-0.2, -0.15) is 5.26 Å². The quantitative estimate of drug-likeness (QED) is 0.104. The van der Waals surface area contributed by atoms with Crippen LogP contribution in [0.2, 0.25) is 0 Å². The van der Waals surface area contributed by atoms with Gasteiger partial charge in [0.05, 0.1) is 18.2 Å². The predicted molar refractivity (Wildman–Crippen MR) is 236 cm³/mol. The van der Waals surface area contributed by atoms with E-state index in [2.05, 4.69) is 194 Å². The van der Waals surface area contributed by atoms with Gasteiger partial charge in [-0.15, -0.1) is 0 Å². The van der Waals surface area contributed by atoms with Gasteiger partial charge < -0.3 is 9.80 Å². The predicted octanol–water partition coefficient (Wildman–Crippen LogP) is 14.6. The van der Waals surface area contributed by atoms with Crippen molar-refractivity contribution in [2.24, 2.45) is 0 Å². The summed E-state index contributed by atoms with van der Waals surface area (Å²) >= 11 is 0. The van der Waals surface area contributed by atoms with Gasteiger partial charge >= 0.3 is 0 Å². The third kappa shape index (κ3) is 8.53. The fourth-order valence-corrected chi connectivity index (χ4v) is 6.60. The molecular formula is C52H42N4. The van der Waals surface area contributed by atoms with Crippen LogP contribution in [-0.2, 0) is 0 Å². The Morgan fingerprint density at radius 1 is 0.429 bits per heavy atom. The van der Waals surface area contributed by atoms with E-state index in [1.807, 2.05) is 24.3 Å². The van der Waals surface area contributed by atoms with E-state index in [9.17, 15) is 5.26 Å². The van der Waals surface area contributed by atoms with E-state index in [1.54, 1.807) is 12.1 Å². The summed E-state index contributed by atoms with van der Waals surface area (Å²) in [5.74, 6) is 0. The molecule has 0 radical (unpaired) electrons. The molecule has 0 aliphatic rings. The standard InChI is InChI=1S/C52H42N4/c1-37-6-22-46(23-7-37)55(47-24-8-38(2)9-25-47)50-30-16-41(17-31-50)14-20-43-35-52(54-5)44(34-45(43)36-53)21-15-42-18-32-51(33-19-42)56(48-26-10-39(3)11-27-48)49-28-12-40(4)13-29-49/h6-35H,1-4H3/b20-14+,21-15+. The molecule has 0 heterocycles. The monoisotopic (exact) mass is 722 g/mol. The van der Waals surface area contributed by atoms with Gasteiger partial charge in [0.1, 0.15) is 0 Å². The first-order valence-corrected chi connectivity index (χ1v) is 18.7. The molecule has 0 unspecified atom stereocenters. The van der Waals surface area contributed by atoms with Gasteiger partial charge in [0.15, 0.2) is 5.69 Å². The molecule has 0 atom stereocenters. The molecular weight excluding hydrogens is 681 g/mol. The molecule has 0 fully saturated rings. The Bertz CT molecular complexity index is 2310. The maximum Gasteiger partial charge on any atom is 0.194 e. The molecule has 0 aromatic heterocycles. The molecule has 7 aromatic carbocycles. The van der Waals surface area contributed by atoms with Gasteiger partial charge in [-0.25, -0.2) is 4.85 Å².